The predicted molar refractivity (Wildman–Crippen MR) is 147 cm³/mol. The summed E-state index contributed by atoms with van der Waals surface area (Å²) in [6.45, 7) is 1.83. The fourth-order valence-corrected chi connectivity index (χ4v) is 4.92. The number of nitrogens with one attached hydrogen (secondary N) is 4. The van der Waals surface area contributed by atoms with E-state index in [1.807, 2.05) is 7.05 Å². The van der Waals surface area contributed by atoms with Crippen LogP contribution in [0.5, 0.6) is 5.75 Å². The molecule has 0 spiro atoms. The second-order valence-corrected chi connectivity index (χ2v) is 10.1. The molecule has 1 fully saturated rings. The summed E-state index contributed by atoms with van der Waals surface area (Å²) in [7, 11) is 3.47. The lowest BCUT2D eigenvalue weighted by atomic mass is 10.0. The second-order valence-electron chi connectivity index (χ2n) is 10.1. The number of amides is 2. The van der Waals surface area contributed by atoms with Crippen LogP contribution in [0.15, 0.2) is 42.6 Å². The van der Waals surface area contributed by atoms with Crippen LogP contribution in [0.1, 0.15) is 39.9 Å². The van der Waals surface area contributed by atoms with Gasteiger partial charge in [0.25, 0.3) is 5.91 Å². The highest BCUT2D eigenvalue weighted by Gasteiger charge is 2.35. The minimum atomic E-state index is -4.70. The topological polar surface area (TPSA) is 121 Å². The van der Waals surface area contributed by atoms with E-state index in [0.717, 1.165) is 31.5 Å². The Morgan fingerprint density at radius 3 is 2.71 bits per heavy atom. The van der Waals surface area contributed by atoms with Crippen molar-refractivity contribution in [2.24, 2.45) is 0 Å². The Morgan fingerprint density at radius 1 is 1.20 bits per heavy atom. The van der Waals surface area contributed by atoms with Gasteiger partial charge >= 0.3 is 6.18 Å². The minimum absolute atomic E-state index is 0.0160. The van der Waals surface area contributed by atoms with Crippen molar-refractivity contribution in [1.82, 2.24) is 20.2 Å². The number of piperidine rings is 1. The maximum absolute atomic E-state index is 13.8. The van der Waals surface area contributed by atoms with E-state index in [4.69, 9.17) is 4.74 Å². The number of aromatic nitrogens is 2. The maximum atomic E-state index is 13.8. The van der Waals surface area contributed by atoms with Gasteiger partial charge in [0, 0.05) is 30.0 Å². The molecule has 2 aromatic carbocycles. The summed E-state index contributed by atoms with van der Waals surface area (Å²) >= 11 is 0. The number of fused-ring (bicyclic) bond motifs is 1. The van der Waals surface area contributed by atoms with Gasteiger partial charge in [-0.3, -0.25) is 9.59 Å². The van der Waals surface area contributed by atoms with Crippen molar-refractivity contribution >= 4 is 35.0 Å². The minimum Gasteiger partial charge on any atom is -0.495 e. The number of carbonyl (C=O) groups excluding carboxylic acids is 2. The summed E-state index contributed by atoms with van der Waals surface area (Å²) < 4.78 is 46.8. The SMILES string of the molecule is COc1cc(C(=O)NC2CCN(C)CC2)ccc1Nc1ncc(C(F)(F)F)c(NCc2cccc3c2CC(=O)N3)n1. The van der Waals surface area contributed by atoms with Gasteiger partial charge in [-0.05, 0) is 68.4 Å². The molecule has 0 aliphatic carbocycles. The number of benzene rings is 2. The Morgan fingerprint density at radius 2 is 1.98 bits per heavy atom. The van der Waals surface area contributed by atoms with Crippen molar-refractivity contribution in [3.8, 4) is 5.75 Å². The van der Waals surface area contributed by atoms with Crippen LogP contribution < -0.4 is 26.0 Å². The molecule has 216 valence electrons. The molecule has 41 heavy (non-hydrogen) atoms. The molecule has 5 rings (SSSR count). The molecular formula is C28H30F3N7O3. The van der Waals surface area contributed by atoms with Crippen LogP contribution >= 0.6 is 0 Å². The zero-order valence-electron chi connectivity index (χ0n) is 22.6. The molecule has 3 heterocycles. The average molecular weight is 570 g/mol. The van der Waals surface area contributed by atoms with Crippen molar-refractivity contribution in [1.29, 1.82) is 0 Å². The van der Waals surface area contributed by atoms with Gasteiger partial charge in [-0.1, -0.05) is 12.1 Å². The summed E-state index contributed by atoms with van der Waals surface area (Å²) in [5.74, 6) is -0.617. The monoisotopic (exact) mass is 569 g/mol. The molecule has 0 radical (unpaired) electrons. The van der Waals surface area contributed by atoms with Crippen LogP contribution in [0.4, 0.5) is 36.3 Å². The molecule has 3 aromatic rings. The first-order chi connectivity index (χ1) is 19.6. The van der Waals surface area contributed by atoms with Crippen molar-refractivity contribution in [3.05, 3.63) is 64.8 Å². The lowest BCUT2D eigenvalue weighted by Gasteiger charge is -2.29. The van der Waals surface area contributed by atoms with Gasteiger partial charge < -0.3 is 30.9 Å². The zero-order chi connectivity index (χ0) is 29.1. The van der Waals surface area contributed by atoms with E-state index in [1.54, 1.807) is 36.4 Å². The number of hydrogen-bond donors (Lipinski definition) is 4. The fraction of sp³-hybridized carbons (Fsp3) is 0.357. The number of rotatable bonds is 8. The van der Waals surface area contributed by atoms with Crippen LogP contribution in [-0.2, 0) is 23.9 Å². The molecule has 1 aromatic heterocycles. The van der Waals surface area contributed by atoms with E-state index in [0.29, 0.717) is 34.4 Å². The summed E-state index contributed by atoms with van der Waals surface area (Å²) in [6, 6.07) is 10.0. The van der Waals surface area contributed by atoms with Gasteiger partial charge in [-0.25, -0.2) is 4.98 Å². The number of hydrogen-bond acceptors (Lipinski definition) is 8. The standard InChI is InChI=1S/C28H30F3N7O3/c1-38-10-8-18(9-11-38)34-26(40)16-6-7-22(23(12-16)41-2)36-27-33-15-20(28(29,30)31)25(37-27)32-14-17-4-3-5-21-19(17)13-24(39)35-21/h3-7,12,15,18H,8-11,13-14H2,1-2H3,(H,34,40)(H,35,39)(H2,32,33,36,37). The third kappa shape index (κ3) is 6.51. The Kier molecular flexibility index (Phi) is 7.97. The summed E-state index contributed by atoms with van der Waals surface area (Å²) in [5.41, 5.74) is 1.79. The molecule has 2 amide bonds. The molecule has 1 saturated heterocycles. The Labute approximate surface area is 234 Å². The fourth-order valence-electron chi connectivity index (χ4n) is 4.92. The molecular weight excluding hydrogens is 539 g/mol. The smallest absolute Gasteiger partial charge is 0.421 e. The highest BCUT2D eigenvalue weighted by atomic mass is 19.4. The Balaban J connectivity index is 1.33. The van der Waals surface area contributed by atoms with Gasteiger partial charge in [-0.15, -0.1) is 0 Å². The number of likely N-dealkylation sites (tertiary alicyclic amines) is 1. The van der Waals surface area contributed by atoms with Crippen LogP contribution in [-0.4, -0.2) is 60.0 Å². The highest BCUT2D eigenvalue weighted by molar-refractivity contribution is 5.99. The second kappa shape index (κ2) is 11.6. The van der Waals surface area contributed by atoms with Crippen molar-refractivity contribution < 1.29 is 27.5 Å². The van der Waals surface area contributed by atoms with Gasteiger partial charge in [0.1, 0.15) is 17.1 Å². The maximum Gasteiger partial charge on any atom is 0.421 e. The predicted octanol–water partition coefficient (Wildman–Crippen LogP) is 4.18. The van der Waals surface area contributed by atoms with Gasteiger partial charge in [-0.2, -0.15) is 18.2 Å². The number of ether oxygens (including phenoxy) is 1. The molecule has 0 unspecified atom stereocenters. The molecule has 2 aliphatic rings. The van der Waals surface area contributed by atoms with Crippen LogP contribution in [0.3, 0.4) is 0 Å². The van der Waals surface area contributed by atoms with Crippen LogP contribution in [0.25, 0.3) is 0 Å². The number of halogens is 3. The van der Waals surface area contributed by atoms with Crippen molar-refractivity contribution in [2.75, 3.05) is 43.2 Å². The molecule has 2 aliphatic heterocycles. The lowest BCUT2D eigenvalue weighted by Crippen LogP contribution is -2.43. The van der Waals surface area contributed by atoms with Crippen LogP contribution in [0.2, 0.25) is 0 Å². The van der Waals surface area contributed by atoms with E-state index in [-0.39, 0.29) is 36.8 Å². The third-order valence-corrected chi connectivity index (χ3v) is 7.19. The largest absolute Gasteiger partial charge is 0.495 e. The van der Waals surface area contributed by atoms with Crippen LogP contribution in [0, 0.1) is 0 Å². The van der Waals surface area contributed by atoms with E-state index in [9.17, 15) is 22.8 Å². The first-order valence-electron chi connectivity index (χ1n) is 13.1. The van der Waals surface area contributed by atoms with Gasteiger partial charge in [0.15, 0.2) is 0 Å². The third-order valence-electron chi connectivity index (χ3n) is 7.19. The van der Waals surface area contributed by atoms with E-state index >= 15 is 0 Å². The molecule has 4 N–H and O–H groups in total. The zero-order valence-corrected chi connectivity index (χ0v) is 22.6. The summed E-state index contributed by atoms with van der Waals surface area (Å²) in [6.07, 6.45) is -2.11. The Hall–Kier alpha value is -4.39. The average Bonchev–Trinajstić information content (AvgIpc) is 3.33. The highest BCUT2D eigenvalue weighted by Crippen LogP contribution is 2.36. The normalized spacial score (nSPS) is 15.7. The quantitative estimate of drug-likeness (QED) is 0.319. The molecule has 10 nitrogen and oxygen atoms in total. The van der Waals surface area contributed by atoms with E-state index in [2.05, 4.69) is 36.1 Å². The Bertz CT molecular complexity index is 1460. The molecule has 0 saturated carbocycles. The van der Waals surface area contributed by atoms with E-state index in [1.165, 1.54) is 7.11 Å². The summed E-state index contributed by atoms with van der Waals surface area (Å²) in [5, 5.41) is 11.4. The summed E-state index contributed by atoms with van der Waals surface area (Å²) in [4.78, 5) is 34.8. The number of carbonyl (C=O) groups is 2. The van der Waals surface area contributed by atoms with Gasteiger partial charge in [0.2, 0.25) is 11.9 Å². The van der Waals surface area contributed by atoms with Crippen molar-refractivity contribution in [2.45, 2.75) is 38.0 Å². The number of alkyl halides is 3. The molecule has 0 bridgehead atoms. The molecule has 0 atom stereocenters. The first kappa shape index (κ1) is 28.1. The van der Waals surface area contributed by atoms with E-state index < -0.39 is 17.6 Å². The molecule has 13 heteroatoms. The first-order valence-corrected chi connectivity index (χ1v) is 13.1. The lowest BCUT2D eigenvalue weighted by molar-refractivity contribution is -0.137. The number of methoxy groups -OCH3 is 1. The van der Waals surface area contributed by atoms with Crippen molar-refractivity contribution in [3.63, 3.8) is 0 Å². The number of nitrogens with zero attached hydrogens (tertiary/aromatic N) is 3. The number of anilines is 4. The van der Waals surface area contributed by atoms with Gasteiger partial charge in [0.05, 0.1) is 19.2 Å².